The Morgan fingerprint density at radius 3 is 2.46 bits per heavy atom. The van der Waals surface area contributed by atoms with Gasteiger partial charge in [0.05, 0.1) is 29.0 Å². The van der Waals surface area contributed by atoms with E-state index in [9.17, 15) is 9.59 Å². The molecule has 2 heterocycles. The normalized spacial score (nSPS) is 11.9. The summed E-state index contributed by atoms with van der Waals surface area (Å²) in [5, 5.41) is 3.47. The highest BCUT2D eigenvalue weighted by Gasteiger charge is 2.18. The highest BCUT2D eigenvalue weighted by atomic mass is 16.2. The summed E-state index contributed by atoms with van der Waals surface area (Å²) in [6.45, 7) is -0.118. The van der Waals surface area contributed by atoms with Crippen molar-refractivity contribution in [1.82, 2.24) is 19.9 Å². The van der Waals surface area contributed by atoms with Crippen LogP contribution in [0.3, 0.4) is 0 Å². The number of benzene rings is 2. The Morgan fingerprint density at radius 1 is 0.929 bits per heavy atom. The third-order valence-electron chi connectivity index (χ3n) is 4.47. The van der Waals surface area contributed by atoms with E-state index in [0.29, 0.717) is 10.9 Å². The van der Waals surface area contributed by atoms with Crippen molar-refractivity contribution in [3.63, 3.8) is 0 Å². The number of carbonyl (C=O) groups excluding carboxylic acids is 1. The summed E-state index contributed by atoms with van der Waals surface area (Å²) in [6.07, 6.45) is 3.09. The van der Waals surface area contributed by atoms with Crippen LogP contribution in [0.15, 0.2) is 90.1 Å². The Morgan fingerprint density at radius 2 is 1.68 bits per heavy atom. The number of hydrogen-bond donors (Lipinski definition) is 1. The molecule has 1 atom stereocenters. The van der Waals surface area contributed by atoms with Gasteiger partial charge in [-0.3, -0.25) is 19.1 Å². The van der Waals surface area contributed by atoms with Gasteiger partial charge in [-0.1, -0.05) is 48.5 Å². The third kappa shape index (κ3) is 3.66. The van der Waals surface area contributed by atoms with Crippen molar-refractivity contribution in [2.75, 3.05) is 0 Å². The fraction of sp³-hybridized carbons (Fsp3) is 0.0909. The molecular formula is C22H18N4O2. The quantitative estimate of drug-likeness (QED) is 0.586. The van der Waals surface area contributed by atoms with Gasteiger partial charge in [0.2, 0.25) is 5.91 Å². The number of amides is 1. The summed E-state index contributed by atoms with van der Waals surface area (Å²) in [4.78, 5) is 34.0. The molecule has 0 aliphatic carbocycles. The first-order valence-corrected chi connectivity index (χ1v) is 8.92. The van der Waals surface area contributed by atoms with E-state index in [1.54, 1.807) is 24.4 Å². The van der Waals surface area contributed by atoms with E-state index in [4.69, 9.17) is 0 Å². The second-order valence-electron chi connectivity index (χ2n) is 6.36. The molecule has 6 heteroatoms. The number of pyridine rings is 1. The van der Waals surface area contributed by atoms with Crippen molar-refractivity contribution in [2.24, 2.45) is 0 Å². The average Bonchev–Trinajstić information content (AvgIpc) is 2.75. The van der Waals surface area contributed by atoms with E-state index in [1.807, 2.05) is 54.6 Å². The van der Waals surface area contributed by atoms with Gasteiger partial charge in [-0.2, -0.15) is 0 Å². The number of fused-ring (bicyclic) bond motifs is 1. The lowest BCUT2D eigenvalue weighted by atomic mass is 10.0. The van der Waals surface area contributed by atoms with Crippen LogP contribution in [-0.2, 0) is 11.3 Å². The van der Waals surface area contributed by atoms with Crippen LogP contribution in [0.2, 0.25) is 0 Å². The van der Waals surface area contributed by atoms with Crippen molar-refractivity contribution < 1.29 is 4.79 Å². The summed E-state index contributed by atoms with van der Waals surface area (Å²) in [5.41, 5.74) is 2.01. The van der Waals surface area contributed by atoms with Crippen molar-refractivity contribution in [3.8, 4) is 0 Å². The average molecular weight is 370 g/mol. The van der Waals surface area contributed by atoms with Gasteiger partial charge in [0.25, 0.3) is 5.56 Å². The summed E-state index contributed by atoms with van der Waals surface area (Å²) >= 11 is 0. The lowest BCUT2D eigenvalue weighted by Crippen LogP contribution is -2.35. The highest BCUT2D eigenvalue weighted by Crippen LogP contribution is 2.19. The van der Waals surface area contributed by atoms with Crippen LogP contribution in [-0.4, -0.2) is 20.4 Å². The first-order valence-electron chi connectivity index (χ1n) is 8.92. The van der Waals surface area contributed by atoms with Crippen molar-refractivity contribution in [3.05, 3.63) is 107 Å². The Bertz CT molecular complexity index is 1120. The maximum Gasteiger partial charge on any atom is 0.261 e. The van der Waals surface area contributed by atoms with Gasteiger partial charge in [-0.15, -0.1) is 0 Å². The second kappa shape index (κ2) is 7.84. The lowest BCUT2D eigenvalue weighted by Gasteiger charge is -2.19. The van der Waals surface area contributed by atoms with Gasteiger partial charge in [-0.05, 0) is 29.8 Å². The molecule has 0 spiro atoms. The van der Waals surface area contributed by atoms with Crippen LogP contribution in [0.4, 0.5) is 0 Å². The number of aromatic nitrogens is 3. The summed E-state index contributed by atoms with van der Waals surface area (Å²) in [7, 11) is 0. The van der Waals surface area contributed by atoms with Gasteiger partial charge < -0.3 is 5.32 Å². The number of hydrogen-bond acceptors (Lipinski definition) is 4. The topological polar surface area (TPSA) is 76.9 Å². The van der Waals surface area contributed by atoms with Gasteiger partial charge in [0, 0.05) is 6.20 Å². The molecule has 0 aliphatic rings. The number of nitrogens with one attached hydrogen (secondary N) is 1. The van der Waals surface area contributed by atoms with Crippen LogP contribution in [0.5, 0.6) is 0 Å². The molecular weight excluding hydrogens is 352 g/mol. The molecule has 1 amide bonds. The van der Waals surface area contributed by atoms with Gasteiger partial charge in [0.15, 0.2) is 0 Å². The van der Waals surface area contributed by atoms with Gasteiger partial charge in [-0.25, -0.2) is 4.98 Å². The van der Waals surface area contributed by atoms with Crippen molar-refractivity contribution >= 4 is 16.8 Å². The van der Waals surface area contributed by atoms with E-state index in [0.717, 1.165) is 11.3 Å². The minimum atomic E-state index is -0.404. The van der Waals surface area contributed by atoms with Crippen LogP contribution in [0, 0.1) is 0 Å². The van der Waals surface area contributed by atoms with Gasteiger partial charge >= 0.3 is 0 Å². The summed E-state index contributed by atoms with van der Waals surface area (Å²) < 4.78 is 1.32. The van der Waals surface area contributed by atoms with Crippen LogP contribution >= 0.6 is 0 Å². The first-order chi connectivity index (χ1) is 13.7. The molecule has 2 aromatic heterocycles. The minimum Gasteiger partial charge on any atom is -0.342 e. The van der Waals surface area contributed by atoms with Crippen LogP contribution in [0.1, 0.15) is 17.3 Å². The monoisotopic (exact) mass is 370 g/mol. The zero-order valence-electron chi connectivity index (χ0n) is 15.0. The summed E-state index contributed by atoms with van der Waals surface area (Å²) in [6, 6.07) is 21.9. The number of nitrogens with zero attached hydrogens (tertiary/aromatic N) is 3. The van der Waals surface area contributed by atoms with E-state index in [2.05, 4.69) is 15.3 Å². The smallest absolute Gasteiger partial charge is 0.261 e. The van der Waals surface area contributed by atoms with E-state index in [-0.39, 0.29) is 18.0 Å². The molecule has 138 valence electrons. The predicted octanol–water partition coefficient (Wildman–Crippen LogP) is 2.70. The zero-order chi connectivity index (χ0) is 19.3. The molecule has 0 saturated carbocycles. The molecule has 28 heavy (non-hydrogen) atoms. The number of para-hydroxylation sites is 1. The molecule has 2 aromatic carbocycles. The molecule has 0 saturated heterocycles. The maximum atomic E-state index is 12.7. The third-order valence-corrected chi connectivity index (χ3v) is 4.47. The maximum absolute atomic E-state index is 12.7. The lowest BCUT2D eigenvalue weighted by molar-refractivity contribution is -0.122. The molecule has 6 nitrogen and oxygen atoms in total. The fourth-order valence-electron chi connectivity index (χ4n) is 3.10. The van der Waals surface area contributed by atoms with Crippen LogP contribution < -0.4 is 10.9 Å². The number of rotatable bonds is 5. The fourth-order valence-corrected chi connectivity index (χ4v) is 3.10. The van der Waals surface area contributed by atoms with E-state index >= 15 is 0 Å². The van der Waals surface area contributed by atoms with Gasteiger partial charge in [0.1, 0.15) is 6.54 Å². The number of carbonyl (C=O) groups is 1. The van der Waals surface area contributed by atoms with E-state index < -0.39 is 6.04 Å². The zero-order valence-corrected chi connectivity index (χ0v) is 15.0. The molecule has 1 N–H and O–H groups in total. The van der Waals surface area contributed by atoms with Crippen LogP contribution in [0.25, 0.3) is 10.9 Å². The Hall–Kier alpha value is -3.80. The largest absolute Gasteiger partial charge is 0.342 e. The summed E-state index contributed by atoms with van der Waals surface area (Å²) in [5.74, 6) is -0.293. The van der Waals surface area contributed by atoms with Crippen molar-refractivity contribution in [1.29, 1.82) is 0 Å². The molecule has 0 fully saturated rings. The van der Waals surface area contributed by atoms with Crippen molar-refractivity contribution in [2.45, 2.75) is 12.6 Å². The Balaban J connectivity index is 1.60. The Labute approximate surface area is 161 Å². The minimum absolute atomic E-state index is 0.118. The molecule has 0 unspecified atom stereocenters. The SMILES string of the molecule is O=C(Cn1cnc2ccccc2c1=O)N[C@H](c1ccccc1)c1ccccn1. The molecule has 4 rings (SSSR count). The molecule has 0 radical (unpaired) electrons. The molecule has 4 aromatic rings. The predicted molar refractivity (Wildman–Crippen MR) is 107 cm³/mol. The van der Waals surface area contributed by atoms with E-state index in [1.165, 1.54) is 10.9 Å². The molecule has 0 aliphatic heterocycles. The first kappa shape index (κ1) is 17.6. The Kier molecular flexibility index (Phi) is 4.93. The standard InChI is InChI=1S/C22H18N4O2/c27-20(14-26-15-24-18-11-5-4-10-17(18)22(26)28)25-21(16-8-2-1-3-9-16)19-12-6-7-13-23-19/h1-13,15,21H,14H2,(H,25,27)/t21-/m1/s1. The second-order valence-corrected chi connectivity index (χ2v) is 6.36. The molecule has 0 bridgehead atoms. The highest BCUT2D eigenvalue weighted by molar-refractivity contribution is 5.79.